The molecule has 0 aliphatic rings. The number of aromatic nitrogens is 2. The summed E-state index contributed by atoms with van der Waals surface area (Å²) in [5, 5.41) is 13.8. The number of nitrogens with zero attached hydrogens (tertiary/aromatic N) is 3. The van der Waals surface area contributed by atoms with Gasteiger partial charge in [-0.1, -0.05) is 11.6 Å². The molecule has 0 spiro atoms. The van der Waals surface area contributed by atoms with E-state index >= 15 is 0 Å². The molecule has 0 aliphatic carbocycles. The molecule has 1 heterocycles. The summed E-state index contributed by atoms with van der Waals surface area (Å²) in [6.45, 7) is 1.76. The lowest BCUT2D eigenvalue weighted by atomic mass is 10.3. The number of nitro benzene ring substituents is 1. The number of benzene rings is 1. The summed E-state index contributed by atoms with van der Waals surface area (Å²) in [7, 11) is 1.68. The number of non-ortho nitro benzene ring substituents is 1. The molecule has 8 heteroatoms. The summed E-state index contributed by atoms with van der Waals surface area (Å²) in [6.07, 6.45) is 1.58. The maximum atomic E-state index is 10.8. The average molecular weight is 295 g/mol. The van der Waals surface area contributed by atoms with Crippen LogP contribution in [0, 0.1) is 17.0 Å². The molecule has 104 valence electrons. The molecule has 1 aromatic carbocycles. The van der Waals surface area contributed by atoms with Crippen molar-refractivity contribution < 1.29 is 9.66 Å². The monoisotopic (exact) mass is 294 g/mol. The van der Waals surface area contributed by atoms with Gasteiger partial charge in [0, 0.05) is 24.9 Å². The SMILES string of the molecule is CNc1ncc(C)c(Oc2cc([N+](=O)[O-])ccc2Cl)n1. The second-order valence-corrected chi connectivity index (χ2v) is 4.31. The number of aryl methyl sites for hydroxylation is 1. The van der Waals surface area contributed by atoms with E-state index < -0.39 is 4.92 Å². The van der Waals surface area contributed by atoms with E-state index in [4.69, 9.17) is 16.3 Å². The number of anilines is 1. The van der Waals surface area contributed by atoms with E-state index in [2.05, 4.69) is 15.3 Å². The summed E-state index contributed by atoms with van der Waals surface area (Å²) >= 11 is 5.97. The Kier molecular flexibility index (Phi) is 3.99. The van der Waals surface area contributed by atoms with E-state index in [-0.39, 0.29) is 22.3 Å². The molecule has 20 heavy (non-hydrogen) atoms. The first kappa shape index (κ1) is 14.0. The fourth-order valence-electron chi connectivity index (χ4n) is 1.44. The van der Waals surface area contributed by atoms with Gasteiger partial charge < -0.3 is 10.1 Å². The van der Waals surface area contributed by atoms with Gasteiger partial charge in [-0.25, -0.2) is 4.98 Å². The van der Waals surface area contributed by atoms with Crippen molar-refractivity contribution in [2.45, 2.75) is 6.92 Å². The highest BCUT2D eigenvalue weighted by atomic mass is 35.5. The Morgan fingerprint density at radius 2 is 2.20 bits per heavy atom. The van der Waals surface area contributed by atoms with Crippen LogP contribution in [0.4, 0.5) is 11.6 Å². The first-order chi connectivity index (χ1) is 9.51. The van der Waals surface area contributed by atoms with Crippen LogP contribution in [0.1, 0.15) is 5.56 Å². The van der Waals surface area contributed by atoms with Gasteiger partial charge >= 0.3 is 0 Å². The third-order valence-electron chi connectivity index (χ3n) is 2.48. The molecule has 1 N–H and O–H groups in total. The number of ether oxygens (including phenoxy) is 1. The quantitative estimate of drug-likeness (QED) is 0.688. The summed E-state index contributed by atoms with van der Waals surface area (Å²) in [5.41, 5.74) is 0.580. The van der Waals surface area contributed by atoms with Gasteiger partial charge in [-0.2, -0.15) is 4.98 Å². The van der Waals surface area contributed by atoms with Crippen LogP contribution in [0.5, 0.6) is 11.6 Å². The highest BCUT2D eigenvalue weighted by Gasteiger charge is 2.13. The van der Waals surface area contributed by atoms with Crippen molar-refractivity contribution in [1.82, 2.24) is 9.97 Å². The maximum absolute atomic E-state index is 10.8. The van der Waals surface area contributed by atoms with E-state index in [9.17, 15) is 10.1 Å². The topological polar surface area (TPSA) is 90.2 Å². The predicted octanol–water partition coefficient (Wildman–Crippen LogP) is 3.18. The normalized spacial score (nSPS) is 10.2. The van der Waals surface area contributed by atoms with Crippen LogP contribution >= 0.6 is 11.6 Å². The van der Waals surface area contributed by atoms with Crippen LogP contribution in [0.25, 0.3) is 0 Å². The summed E-state index contributed by atoms with van der Waals surface area (Å²) in [4.78, 5) is 18.4. The van der Waals surface area contributed by atoms with Crippen molar-refractivity contribution in [3.63, 3.8) is 0 Å². The zero-order chi connectivity index (χ0) is 14.7. The Hall–Kier alpha value is -2.41. The highest BCUT2D eigenvalue weighted by molar-refractivity contribution is 6.32. The Morgan fingerprint density at radius 3 is 2.85 bits per heavy atom. The van der Waals surface area contributed by atoms with Gasteiger partial charge in [0.2, 0.25) is 11.8 Å². The van der Waals surface area contributed by atoms with Crippen molar-refractivity contribution in [1.29, 1.82) is 0 Å². The van der Waals surface area contributed by atoms with Crippen molar-refractivity contribution in [3.8, 4) is 11.6 Å². The van der Waals surface area contributed by atoms with Crippen LogP contribution in [0.2, 0.25) is 5.02 Å². The first-order valence-electron chi connectivity index (χ1n) is 5.64. The molecule has 0 fully saturated rings. The van der Waals surface area contributed by atoms with Crippen molar-refractivity contribution in [2.24, 2.45) is 0 Å². The molecule has 1 aromatic heterocycles. The third-order valence-corrected chi connectivity index (χ3v) is 2.79. The summed E-state index contributed by atoms with van der Waals surface area (Å²) < 4.78 is 5.55. The van der Waals surface area contributed by atoms with E-state index in [1.807, 2.05) is 0 Å². The third kappa shape index (κ3) is 2.94. The van der Waals surface area contributed by atoms with Gasteiger partial charge in [0.1, 0.15) is 0 Å². The predicted molar refractivity (Wildman–Crippen MR) is 74.5 cm³/mol. The molecule has 0 amide bonds. The fourth-order valence-corrected chi connectivity index (χ4v) is 1.59. The second kappa shape index (κ2) is 5.70. The maximum Gasteiger partial charge on any atom is 0.273 e. The van der Waals surface area contributed by atoms with Gasteiger partial charge in [0.05, 0.1) is 16.0 Å². The first-order valence-corrected chi connectivity index (χ1v) is 6.02. The lowest BCUT2D eigenvalue weighted by molar-refractivity contribution is -0.384. The Morgan fingerprint density at radius 1 is 1.45 bits per heavy atom. The van der Waals surface area contributed by atoms with Crippen molar-refractivity contribution in [3.05, 3.63) is 45.1 Å². The van der Waals surface area contributed by atoms with E-state index in [0.29, 0.717) is 11.5 Å². The van der Waals surface area contributed by atoms with Gasteiger partial charge in [-0.3, -0.25) is 10.1 Å². The van der Waals surface area contributed by atoms with E-state index in [1.54, 1.807) is 20.2 Å². The van der Waals surface area contributed by atoms with Gasteiger partial charge in [0.25, 0.3) is 5.69 Å². The highest BCUT2D eigenvalue weighted by Crippen LogP contribution is 2.33. The van der Waals surface area contributed by atoms with Crippen LogP contribution in [-0.4, -0.2) is 21.9 Å². The Balaban J connectivity index is 2.38. The number of hydrogen-bond donors (Lipinski definition) is 1. The Labute approximate surface area is 119 Å². The Bertz CT molecular complexity index is 663. The lowest BCUT2D eigenvalue weighted by Gasteiger charge is -2.09. The van der Waals surface area contributed by atoms with Crippen LogP contribution in [0.3, 0.4) is 0 Å². The van der Waals surface area contributed by atoms with Crippen molar-refractivity contribution in [2.75, 3.05) is 12.4 Å². The van der Waals surface area contributed by atoms with E-state index in [1.165, 1.54) is 18.2 Å². The molecule has 0 radical (unpaired) electrons. The van der Waals surface area contributed by atoms with Crippen LogP contribution < -0.4 is 10.1 Å². The number of halogens is 1. The molecule has 2 rings (SSSR count). The molecular formula is C12H11ClN4O3. The minimum atomic E-state index is -0.519. The molecule has 2 aromatic rings. The lowest BCUT2D eigenvalue weighted by Crippen LogP contribution is -2.00. The molecule has 0 saturated carbocycles. The average Bonchev–Trinajstić information content (AvgIpc) is 2.43. The van der Waals surface area contributed by atoms with Crippen molar-refractivity contribution >= 4 is 23.2 Å². The standard InChI is InChI=1S/C12H11ClN4O3/c1-7-6-15-12(14-2)16-11(7)20-10-5-8(17(18)19)3-4-9(10)13/h3-6H,1-2H3,(H,14,15,16). The van der Waals surface area contributed by atoms with Gasteiger partial charge in [-0.05, 0) is 13.0 Å². The van der Waals surface area contributed by atoms with Crippen LogP contribution in [0.15, 0.2) is 24.4 Å². The molecule has 0 saturated heterocycles. The van der Waals surface area contributed by atoms with E-state index in [0.717, 1.165) is 0 Å². The zero-order valence-electron chi connectivity index (χ0n) is 10.8. The molecule has 0 atom stereocenters. The number of nitrogens with one attached hydrogen (secondary N) is 1. The minimum Gasteiger partial charge on any atom is -0.437 e. The minimum absolute atomic E-state index is 0.107. The molecule has 7 nitrogen and oxygen atoms in total. The summed E-state index contributed by atoms with van der Waals surface area (Å²) in [5.74, 6) is 0.837. The largest absolute Gasteiger partial charge is 0.437 e. The zero-order valence-corrected chi connectivity index (χ0v) is 11.5. The number of rotatable bonds is 4. The second-order valence-electron chi connectivity index (χ2n) is 3.91. The molecule has 0 aliphatic heterocycles. The molecular weight excluding hydrogens is 284 g/mol. The number of nitro groups is 1. The van der Waals surface area contributed by atoms with Gasteiger partial charge in [-0.15, -0.1) is 0 Å². The smallest absolute Gasteiger partial charge is 0.273 e. The fraction of sp³-hybridized carbons (Fsp3) is 0.167. The summed E-state index contributed by atoms with van der Waals surface area (Å²) in [6, 6.07) is 3.97. The molecule has 0 unspecified atom stereocenters. The molecule has 0 bridgehead atoms. The van der Waals surface area contributed by atoms with Crippen LogP contribution in [-0.2, 0) is 0 Å². The number of hydrogen-bond acceptors (Lipinski definition) is 6. The van der Waals surface area contributed by atoms with Gasteiger partial charge in [0.15, 0.2) is 5.75 Å².